The van der Waals surface area contributed by atoms with E-state index in [0.29, 0.717) is 58.1 Å². The minimum atomic E-state index is -0.497. The Morgan fingerprint density at radius 2 is 1.65 bits per heavy atom. The number of nitrogens with zero attached hydrogens (tertiary/aromatic N) is 3. The summed E-state index contributed by atoms with van der Waals surface area (Å²) in [5.41, 5.74) is 6.56. The van der Waals surface area contributed by atoms with Gasteiger partial charge in [0, 0.05) is 39.1 Å². The molecule has 9 heteroatoms. The Balaban J connectivity index is 0.00000480. The fourth-order valence-electron chi connectivity index (χ4n) is 2.93. The van der Waals surface area contributed by atoms with Gasteiger partial charge in [0.25, 0.3) is 0 Å². The highest BCUT2D eigenvalue weighted by atomic mass is 127. The van der Waals surface area contributed by atoms with Gasteiger partial charge in [0.1, 0.15) is 12.2 Å². The molecule has 31 heavy (non-hydrogen) atoms. The minimum absolute atomic E-state index is 0. The summed E-state index contributed by atoms with van der Waals surface area (Å²) in [6, 6.07) is 9.63. The second-order valence-electron chi connectivity index (χ2n) is 8.30. The molecule has 0 bridgehead atoms. The quantitative estimate of drug-likeness (QED) is 0.185. The van der Waals surface area contributed by atoms with Crippen LogP contribution in [0.15, 0.2) is 35.3 Å². The molecule has 0 unspecified atom stereocenters. The number of aliphatic imine (C=N–C) groups is 1. The fourth-order valence-corrected chi connectivity index (χ4v) is 2.93. The summed E-state index contributed by atoms with van der Waals surface area (Å²) >= 11 is 0. The molecule has 1 saturated heterocycles. The van der Waals surface area contributed by atoms with Crippen LogP contribution in [0.2, 0.25) is 0 Å². The molecular weight excluding hydrogens is 511 g/mol. The first-order valence-corrected chi connectivity index (χ1v) is 10.5. The molecule has 8 nitrogen and oxygen atoms in total. The highest BCUT2D eigenvalue weighted by Crippen LogP contribution is 2.12. The SMILES string of the molecule is CC(C)(C)OC(=O)N1CCN(C(N)=NCCCCC(=O)OCc2ccccc2)CC1.I. The smallest absolute Gasteiger partial charge is 0.410 e. The number of halogens is 1. The molecule has 1 aromatic carbocycles. The van der Waals surface area contributed by atoms with Crippen LogP contribution in [-0.4, -0.2) is 66.1 Å². The number of rotatable bonds is 7. The zero-order chi connectivity index (χ0) is 22.0. The number of benzene rings is 1. The van der Waals surface area contributed by atoms with Crippen LogP contribution in [0.5, 0.6) is 0 Å². The van der Waals surface area contributed by atoms with Crippen molar-refractivity contribution >= 4 is 42.0 Å². The summed E-state index contributed by atoms with van der Waals surface area (Å²) < 4.78 is 10.7. The Labute approximate surface area is 202 Å². The largest absolute Gasteiger partial charge is 0.461 e. The van der Waals surface area contributed by atoms with E-state index in [2.05, 4.69) is 4.99 Å². The predicted octanol–water partition coefficient (Wildman–Crippen LogP) is 3.39. The molecule has 0 aromatic heterocycles. The number of amides is 1. The third-order valence-electron chi connectivity index (χ3n) is 4.56. The Hall–Kier alpha value is -2.04. The van der Waals surface area contributed by atoms with E-state index in [4.69, 9.17) is 15.2 Å². The summed E-state index contributed by atoms with van der Waals surface area (Å²) in [7, 11) is 0. The molecule has 0 aliphatic carbocycles. The summed E-state index contributed by atoms with van der Waals surface area (Å²) in [4.78, 5) is 32.0. The van der Waals surface area contributed by atoms with E-state index in [1.165, 1.54) is 0 Å². The average molecular weight is 546 g/mol. The van der Waals surface area contributed by atoms with Crippen molar-refractivity contribution in [3.8, 4) is 0 Å². The van der Waals surface area contributed by atoms with Gasteiger partial charge in [-0.15, -0.1) is 24.0 Å². The number of esters is 1. The van der Waals surface area contributed by atoms with Crippen molar-refractivity contribution in [3.63, 3.8) is 0 Å². The Morgan fingerprint density at radius 3 is 2.26 bits per heavy atom. The van der Waals surface area contributed by atoms with Crippen LogP contribution in [0.4, 0.5) is 4.79 Å². The van der Waals surface area contributed by atoms with Gasteiger partial charge in [-0.25, -0.2) is 4.79 Å². The molecule has 1 aliphatic rings. The molecule has 2 rings (SSSR count). The van der Waals surface area contributed by atoms with E-state index >= 15 is 0 Å². The molecule has 1 heterocycles. The number of carbonyl (C=O) groups is 2. The molecule has 0 spiro atoms. The molecule has 0 radical (unpaired) electrons. The van der Waals surface area contributed by atoms with Gasteiger partial charge >= 0.3 is 12.1 Å². The van der Waals surface area contributed by atoms with Gasteiger partial charge in [-0.3, -0.25) is 9.79 Å². The average Bonchev–Trinajstić information content (AvgIpc) is 2.71. The number of hydrogen-bond donors (Lipinski definition) is 1. The zero-order valence-corrected chi connectivity index (χ0v) is 21.0. The predicted molar refractivity (Wildman–Crippen MR) is 131 cm³/mol. The van der Waals surface area contributed by atoms with Gasteiger partial charge in [-0.1, -0.05) is 30.3 Å². The highest BCUT2D eigenvalue weighted by Gasteiger charge is 2.26. The van der Waals surface area contributed by atoms with Crippen LogP contribution in [0.3, 0.4) is 0 Å². The number of ether oxygens (including phenoxy) is 2. The number of hydrogen-bond acceptors (Lipinski definition) is 5. The van der Waals surface area contributed by atoms with Gasteiger partial charge in [0.05, 0.1) is 0 Å². The van der Waals surface area contributed by atoms with Gasteiger partial charge in [0.15, 0.2) is 5.96 Å². The normalized spacial score (nSPS) is 14.6. The van der Waals surface area contributed by atoms with Crippen molar-refractivity contribution in [3.05, 3.63) is 35.9 Å². The van der Waals surface area contributed by atoms with Crippen LogP contribution >= 0.6 is 24.0 Å². The van der Waals surface area contributed by atoms with Crippen molar-refractivity contribution < 1.29 is 19.1 Å². The van der Waals surface area contributed by atoms with E-state index in [9.17, 15) is 9.59 Å². The zero-order valence-electron chi connectivity index (χ0n) is 18.7. The van der Waals surface area contributed by atoms with E-state index in [-0.39, 0.29) is 36.0 Å². The van der Waals surface area contributed by atoms with E-state index in [1.54, 1.807) is 4.90 Å². The maximum absolute atomic E-state index is 12.1. The molecule has 1 amide bonds. The molecule has 1 fully saturated rings. The second-order valence-corrected chi connectivity index (χ2v) is 8.30. The lowest BCUT2D eigenvalue weighted by molar-refractivity contribution is -0.145. The third kappa shape index (κ3) is 10.7. The number of unbranched alkanes of at least 4 members (excludes halogenated alkanes) is 1. The molecule has 0 saturated carbocycles. The number of piperazine rings is 1. The van der Waals surface area contributed by atoms with E-state index in [1.807, 2.05) is 56.0 Å². The monoisotopic (exact) mass is 546 g/mol. The molecule has 0 atom stereocenters. The maximum atomic E-state index is 12.1. The van der Waals surface area contributed by atoms with Gasteiger partial charge in [-0.05, 0) is 39.2 Å². The van der Waals surface area contributed by atoms with Crippen molar-refractivity contribution in [2.24, 2.45) is 10.7 Å². The van der Waals surface area contributed by atoms with Crippen LogP contribution < -0.4 is 5.73 Å². The summed E-state index contributed by atoms with van der Waals surface area (Å²) in [5.74, 6) is 0.277. The second kappa shape index (κ2) is 13.4. The Morgan fingerprint density at radius 1 is 1.03 bits per heavy atom. The van der Waals surface area contributed by atoms with Gasteiger partial charge < -0.3 is 25.0 Å². The van der Waals surface area contributed by atoms with Crippen LogP contribution in [-0.2, 0) is 20.9 Å². The summed E-state index contributed by atoms with van der Waals surface area (Å²) in [6.45, 7) is 8.79. The lowest BCUT2D eigenvalue weighted by atomic mass is 10.2. The standard InChI is InChI=1S/C22H34N4O4.HI/c1-22(2,3)30-21(28)26-15-13-25(14-16-26)20(23)24-12-8-7-11-19(27)29-17-18-9-5-4-6-10-18;/h4-6,9-10H,7-8,11-17H2,1-3H3,(H2,23,24);1H. The highest BCUT2D eigenvalue weighted by molar-refractivity contribution is 14.0. The number of carbonyl (C=O) groups excluding carboxylic acids is 2. The Kier molecular flexibility index (Phi) is 11.7. The van der Waals surface area contributed by atoms with Crippen molar-refractivity contribution in [1.29, 1.82) is 0 Å². The number of nitrogens with two attached hydrogens (primary N) is 1. The molecule has 1 aliphatic heterocycles. The van der Waals surface area contributed by atoms with Crippen LogP contribution in [0.25, 0.3) is 0 Å². The lowest BCUT2D eigenvalue weighted by Crippen LogP contribution is -2.53. The van der Waals surface area contributed by atoms with Crippen molar-refractivity contribution in [1.82, 2.24) is 9.80 Å². The van der Waals surface area contributed by atoms with E-state index in [0.717, 1.165) is 12.0 Å². The first kappa shape index (κ1) is 27.0. The third-order valence-corrected chi connectivity index (χ3v) is 4.56. The fraction of sp³-hybridized carbons (Fsp3) is 0.591. The molecule has 174 valence electrons. The Bertz CT molecular complexity index is 714. The molecule has 2 N–H and O–H groups in total. The maximum Gasteiger partial charge on any atom is 0.410 e. The van der Waals surface area contributed by atoms with Gasteiger partial charge in [0.2, 0.25) is 0 Å². The lowest BCUT2D eigenvalue weighted by Gasteiger charge is -2.36. The van der Waals surface area contributed by atoms with E-state index < -0.39 is 5.60 Å². The first-order chi connectivity index (χ1) is 14.2. The topological polar surface area (TPSA) is 97.5 Å². The van der Waals surface area contributed by atoms with Gasteiger partial charge in [-0.2, -0.15) is 0 Å². The van der Waals surface area contributed by atoms with Crippen molar-refractivity contribution in [2.75, 3.05) is 32.7 Å². The van der Waals surface area contributed by atoms with Crippen LogP contribution in [0, 0.1) is 0 Å². The molecular formula is C22H35IN4O4. The van der Waals surface area contributed by atoms with Crippen molar-refractivity contribution in [2.45, 2.75) is 52.2 Å². The number of guanidine groups is 1. The molecule has 1 aromatic rings. The minimum Gasteiger partial charge on any atom is -0.461 e. The summed E-state index contributed by atoms with van der Waals surface area (Å²) in [6.07, 6.45) is 1.55. The first-order valence-electron chi connectivity index (χ1n) is 10.5. The summed E-state index contributed by atoms with van der Waals surface area (Å²) in [5, 5.41) is 0. The van der Waals surface area contributed by atoms with Crippen LogP contribution in [0.1, 0.15) is 45.6 Å².